The van der Waals surface area contributed by atoms with Gasteiger partial charge in [-0.1, -0.05) is 11.6 Å². The molecule has 0 unspecified atom stereocenters. The van der Waals surface area contributed by atoms with Crippen LogP contribution < -0.4 is 11.5 Å². The lowest BCUT2D eigenvalue weighted by molar-refractivity contribution is 0.438. The van der Waals surface area contributed by atoms with Crippen molar-refractivity contribution in [1.29, 1.82) is 0 Å². The smallest absolute Gasteiger partial charge is 0.109 e. The van der Waals surface area contributed by atoms with Crippen molar-refractivity contribution < 1.29 is 4.39 Å². The van der Waals surface area contributed by atoms with E-state index in [9.17, 15) is 4.39 Å². The molecule has 5 heteroatoms. The van der Waals surface area contributed by atoms with Crippen LogP contribution in [0.25, 0.3) is 0 Å². The fraction of sp³-hybridized carbons (Fsp3) is 0.250. The Balaban J connectivity index is 0.00000144. The summed E-state index contributed by atoms with van der Waals surface area (Å²) in [5.41, 5.74) is 12.0. The number of hydrogen-bond donors (Lipinski definition) is 2. The third-order valence-electron chi connectivity index (χ3n) is 1.61. The molecule has 0 aromatic heterocycles. The number of halogens is 3. The number of rotatable bonds is 2. The molecule has 2 nitrogen and oxygen atoms in total. The van der Waals surface area contributed by atoms with E-state index in [2.05, 4.69) is 0 Å². The van der Waals surface area contributed by atoms with Gasteiger partial charge in [0.15, 0.2) is 0 Å². The number of benzene rings is 1. The van der Waals surface area contributed by atoms with Crippen molar-refractivity contribution in [2.24, 2.45) is 5.73 Å². The SMILES string of the molecule is Cl.Nc1ccc(Cl)cc1[C@H](N)CF. The molecule has 4 N–H and O–H groups in total. The van der Waals surface area contributed by atoms with Crippen LogP contribution in [0, 0.1) is 0 Å². The van der Waals surface area contributed by atoms with Crippen molar-refractivity contribution in [3.05, 3.63) is 28.8 Å². The van der Waals surface area contributed by atoms with Gasteiger partial charge in [0.25, 0.3) is 0 Å². The molecule has 0 bridgehead atoms. The molecule has 0 spiro atoms. The zero-order valence-electron chi connectivity index (χ0n) is 6.84. The molecule has 0 aliphatic heterocycles. The fourth-order valence-corrected chi connectivity index (χ4v) is 1.13. The van der Waals surface area contributed by atoms with E-state index in [0.29, 0.717) is 16.3 Å². The summed E-state index contributed by atoms with van der Waals surface area (Å²) in [6.07, 6.45) is 0. The molecule has 0 radical (unpaired) electrons. The molecule has 0 amide bonds. The highest BCUT2D eigenvalue weighted by molar-refractivity contribution is 6.30. The Labute approximate surface area is 87.5 Å². The molecule has 0 aliphatic carbocycles. The van der Waals surface area contributed by atoms with Gasteiger partial charge in [0.1, 0.15) is 6.67 Å². The van der Waals surface area contributed by atoms with E-state index >= 15 is 0 Å². The first-order valence-electron chi connectivity index (χ1n) is 3.51. The molecule has 1 rings (SSSR count). The number of nitrogens with two attached hydrogens (primary N) is 2. The Morgan fingerprint density at radius 2 is 2.08 bits per heavy atom. The van der Waals surface area contributed by atoms with Crippen LogP contribution in [0.15, 0.2) is 18.2 Å². The quantitative estimate of drug-likeness (QED) is 0.758. The van der Waals surface area contributed by atoms with Crippen molar-refractivity contribution in [1.82, 2.24) is 0 Å². The predicted octanol–water partition coefficient (Wildman–Crippen LogP) is 2.31. The van der Waals surface area contributed by atoms with Crippen LogP contribution in [0.4, 0.5) is 10.1 Å². The topological polar surface area (TPSA) is 52.0 Å². The summed E-state index contributed by atoms with van der Waals surface area (Å²) in [7, 11) is 0. The standard InChI is InChI=1S/C8H10ClFN2.ClH/c9-5-1-2-7(11)6(3-5)8(12)4-10;/h1-3,8H,4,11-12H2;1H/t8-;/m1./s1. The zero-order chi connectivity index (χ0) is 9.14. The van der Waals surface area contributed by atoms with Crippen LogP contribution in [-0.4, -0.2) is 6.67 Å². The van der Waals surface area contributed by atoms with Crippen molar-refractivity contribution in [2.75, 3.05) is 12.4 Å². The maximum absolute atomic E-state index is 12.2. The first kappa shape index (κ1) is 12.5. The van der Waals surface area contributed by atoms with Gasteiger partial charge in [0.05, 0.1) is 6.04 Å². The van der Waals surface area contributed by atoms with E-state index in [1.165, 1.54) is 0 Å². The minimum atomic E-state index is -0.677. The average molecular weight is 225 g/mol. The second-order valence-corrected chi connectivity index (χ2v) is 2.97. The Morgan fingerprint density at radius 3 is 2.62 bits per heavy atom. The highest BCUT2D eigenvalue weighted by Gasteiger charge is 2.08. The monoisotopic (exact) mass is 224 g/mol. The van der Waals surface area contributed by atoms with Crippen LogP contribution in [-0.2, 0) is 0 Å². The third kappa shape index (κ3) is 3.03. The summed E-state index contributed by atoms with van der Waals surface area (Å²) in [6, 6.07) is 4.17. The van der Waals surface area contributed by atoms with Gasteiger partial charge in [-0.2, -0.15) is 0 Å². The minimum absolute atomic E-state index is 0. The molecule has 1 atom stereocenters. The highest BCUT2D eigenvalue weighted by Crippen LogP contribution is 2.22. The predicted molar refractivity (Wildman–Crippen MR) is 56.0 cm³/mol. The largest absolute Gasteiger partial charge is 0.398 e. The normalized spacial score (nSPS) is 11.9. The first-order chi connectivity index (χ1) is 5.65. The number of hydrogen-bond acceptors (Lipinski definition) is 2. The third-order valence-corrected chi connectivity index (χ3v) is 1.85. The molecular weight excluding hydrogens is 214 g/mol. The molecule has 1 aromatic rings. The van der Waals surface area contributed by atoms with Crippen LogP contribution in [0.3, 0.4) is 0 Å². The molecule has 74 valence electrons. The van der Waals surface area contributed by atoms with Gasteiger partial charge < -0.3 is 11.5 Å². The molecule has 0 saturated heterocycles. The van der Waals surface area contributed by atoms with E-state index in [1.807, 2.05) is 0 Å². The van der Waals surface area contributed by atoms with E-state index in [0.717, 1.165) is 0 Å². The van der Waals surface area contributed by atoms with E-state index in [-0.39, 0.29) is 12.4 Å². The van der Waals surface area contributed by atoms with Crippen molar-refractivity contribution >= 4 is 29.7 Å². The second kappa shape index (κ2) is 5.27. The summed E-state index contributed by atoms with van der Waals surface area (Å²) in [6.45, 7) is -0.634. The summed E-state index contributed by atoms with van der Waals surface area (Å²) in [4.78, 5) is 0. The number of anilines is 1. The van der Waals surface area contributed by atoms with Crippen molar-refractivity contribution in [2.45, 2.75) is 6.04 Å². The van der Waals surface area contributed by atoms with E-state index in [4.69, 9.17) is 23.1 Å². The van der Waals surface area contributed by atoms with Crippen LogP contribution in [0.1, 0.15) is 11.6 Å². The Bertz CT molecular complexity index is 281. The number of nitrogen functional groups attached to an aromatic ring is 1. The van der Waals surface area contributed by atoms with E-state index in [1.54, 1.807) is 18.2 Å². The summed E-state index contributed by atoms with van der Waals surface area (Å²) in [5, 5.41) is 0.517. The van der Waals surface area contributed by atoms with Crippen LogP contribution in [0.5, 0.6) is 0 Å². The lowest BCUT2D eigenvalue weighted by atomic mass is 10.1. The van der Waals surface area contributed by atoms with Gasteiger partial charge in [0, 0.05) is 10.7 Å². The Hall–Kier alpha value is -0.510. The Morgan fingerprint density at radius 1 is 1.46 bits per heavy atom. The molecule has 0 heterocycles. The van der Waals surface area contributed by atoms with Crippen LogP contribution in [0.2, 0.25) is 5.02 Å². The van der Waals surface area contributed by atoms with Gasteiger partial charge in [-0.25, -0.2) is 4.39 Å². The molecule has 13 heavy (non-hydrogen) atoms. The lowest BCUT2D eigenvalue weighted by Crippen LogP contribution is -2.14. The van der Waals surface area contributed by atoms with Gasteiger partial charge in [-0.15, -0.1) is 12.4 Å². The molecule has 0 fully saturated rings. The first-order valence-corrected chi connectivity index (χ1v) is 3.89. The fourth-order valence-electron chi connectivity index (χ4n) is 0.950. The van der Waals surface area contributed by atoms with Gasteiger partial charge in [0.2, 0.25) is 0 Å². The summed E-state index contributed by atoms with van der Waals surface area (Å²) >= 11 is 5.68. The van der Waals surface area contributed by atoms with Crippen molar-refractivity contribution in [3.8, 4) is 0 Å². The zero-order valence-corrected chi connectivity index (χ0v) is 8.41. The van der Waals surface area contributed by atoms with Gasteiger partial charge in [-0.3, -0.25) is 0 Å². The molecule has 0 saturated carbocycles. The second-order valence-electron chi connectivity index (χ2n) is 2.53. The average Bonchev–Trinajstić information content (AvgIpc) is 2.08. The summed E-state index contributed by atoms with van der Waals surface area (Å²) < 4.78 is 12.2. The van der Waals surface area contributed by atoms with Crippen LogP contribution >= 0.6 is 24.0 Å². The molecular formula is C8H11Cl2FN2. The maximum Gasteiger partial charge on any atom is 0.109 e. The van der Waals surface area contributed by atoms with Crippen molar-refractivity contribution in [3.63, 3.8) is 0 Å². The summed E-state index contributed by atoms with van der Waals surface area (Å²) in [5.74, 6) is 0. The highest BCUT2D eigenvalue weighted by atomic mass is 35.5. The molecule has 0 aliphatic rings. The Kier molecular flexibility index (Phi) is 5.06. The van der Waals surface area contributed by atoms with Gasteiger partial charge in [-0.05, 0) is 23.8 Å². The minimum Gasteiger partial charge on any atom is -0.398 e. The van der Waals surface area contributed by atoms with Gasteiger partial charge >= 0.3 is 0 Å². The number of alkyl halides is 1. The lowest BCUT2D eigenvalue weighted by Gasteiger charge is -2.10. The maximum atomic E-state index is 12.2. The molecule has 1 aromatic carbocycles. The van der Waals surface area contributed by atoms with E-state index < -0.39 is 12.7 Å².